The van der Waals surface area contributed by atoms with Crippen LogP contribution in [0.5, 0.6) is 11.5 Å². The highest BCUT2D eigenvalue weighted by Crippen LogP contribution is 2.27. The maximum atomic E-state index is 12.3. The number of hydrogen-bond acceptors (Lipinski definition) is 7. The van der Waals surface area contributed by atoms with E-state index in [0.717, 1.165) is 5.56 Å². The zero-order valence-corrected chi connectivity index (χ0v) is 18.8. The van der Waals surface area contributed by atoms with Gasteiger partial charge in [0.15, 0.2) is 0 Å². The lowest BCUT2D eigenvalue weighted by Crippen LogP contribution is -2.42. The lowest BCUT2D eigenvalue weighted by atomic mass is 10.1. The number of phenols is 2. The van der Waals surface area contributed by atoms with Crippen LogP contribution in [-0.2, 0) is 11.3 Å². The quantitative estimate of drug-likeness (QED) is 0.308. The van der Waals surface area contributed by atoms with Gasteiger partial charge in [-0.3, -0.25) is 20.4 Å². The highest BCUT2D eigenvalue weighted by Gasteiger charge is 2.35. The number of azo groups is 1. The van der Waals surface area contributed by atoms with Gasteiger partial charge < -0.3 is 10.2 Å². The van der Waals surface area contributed by atoms with Crippen LogP contribution in [0.1, 0.15) is 21.5 Å². The van der Waals surface area contributed by atoms with Crippen molar-refractivity contribution in [3.63, 3.8) is 0 Å². The molecule has 172 valence electrons. The molecule has 9 nitrogen and oxygen atoms in total. The summed E-state index contributed by atoms with van der Waals surface area (Å²) in [7, 11) is 0. The van der Waals surface area contributed by atoms with Crippen LogP contribution in [-0.4, -0.2) is 43.7 Å². The van der Waals surface area contributed by atoms with Crippen LogP contribution < -0.4 is 10.9 Å². The maximum absolute atomic E-state index is 12.3. The Bertz CT molecular complexity index is 1260. The number of aromatic hydroxyl groups is 2. The number of thioether (sulfide) groups is 1. The third kappa shape index (κ3) is 5.41. The zero-order valence-electron chi connectivity index (χ0n) is 18.0. The van der Waals surface area contributed by atoms with Crippen LogP contribution in [0.3, 0.4) is 0 Å². The van der Waals surface area contributed by atoms with Crippen molar-refractivity contribution >= 4 is 29.4 Å². The SMILES string of the molecule is O=C(CSC1N=NC(c2ccccc2O)=[N+]1Cc1ccccc1)NNC(=O)c1ccccc1O. The number of nitrogens with zero attached hydrogens (tertiary/aromatic N) is 3. The second-order valence-electron chi connectivity index (χ2n) is 7.33. The van der Waals surface area contributed by atoms with Crippen LogP contribution in [0, 0.1) is 0 Å². The Morgan fingerprint density at radius 2 is 1.56 bits per heavy atom. The van der Waals surface area contributed by atoms with Crippen LogP contribution in [0.2, 0.25) is 0 Å². The molecule has 0 spiro atoms. The highest BCUT2D eigenvalue weighted by molar-refractivity contribution is 8.00. The minimum atomic E-state index is -0.627. The first kappa shape index (κ1) is 23.0. The summed E-state index contributed by atoms with van der Waals surface area (Å²) < 4.78 is 1.91. The van der Waals surface area contributed by atoms with E-state index in [2.05, 4.69) is 21.1 Å². The Labute approximate surface area is 199 Å². The summed E-state index contributed by atoms with van der Waals surface area (Å²) in [5.74, 6) is -0.668. The molecule has 0 aromatic heterocycles. The molecule has 1 atom stereocenters. The van der Waals surface area contributed by atoms with Gasteiger partial charge in [-0.05, 0) is 34.9 Å². The summed E-state index contributed by atoms with van der Waals surface area (Å²) in [5, 5.41) is 28.7. The van der Waals surface area contributed by atoms with Gasteiger partial charge in [0, 0.05) is 0 Å². The lowest BCUT2D eigenvalue weighted by Gasteiger charge is -2.12. The van der Waals surface area contributed by atoms with E-state index in [-0.39, 0.29) is 22.8 Å². The molecule has 0 saturated heterocycles. The summed E-state index contributed by atoms with van der Waals surface area (Å²) >= 11 is 1.22. The van der Waals surface area contributed by atoms with Gasteiger partial charge in [0.2, 0.25) is 5.91 Å². The number of hydrazine groups is 1. The van der Waals surface area contributed by atoms with E-state index in [4.69, 9.17) is 0 Å². The molecule has 0 radical (unpaired) electrons. The Balaban J connectivity index is 1.43. The van der Waals surface area contributed by atoms with Crippen molar-refractivity contribution in [2.45, 2.75) is 12.0 Å². The first-order valence-corrected chi connectivity index (χ1v) is 11.4. The van der Waals surface area contributed by atoms with Crippen LogP contribution >= 0.6 is 11.8 Å². The fourth-order valence-corrected chi connectivity index (χ4v) is 4.14. The number of hydrogen-bond donors (Lipinski definition) is 4. The summed E-state index contributed by atoms with van der Waals surface area (Å²) in [6.07, 6.45) is 0. The van der Waals surface area contributed by atoms with Gasteiger partial charge in [-0.1, -0.05) is 66.4 Å². The molecule has 0 aliphatic carbocycles. The van der Waals surface area contributed by atoms with Gasteiger partial charge in [-0.25, -0.2) is 4.58 Å². The molecule has 0 bridgehead atoms. The van der Waals surface area contributed by atoms with E-state index in [1.54, 1.807) is 36.4 Å². The Morgan fingerprint density at radius 1 is 0.882 bits per heavy atom. The minimum absolute atomic E-state index is 0.00984. The average molecular weight is 477 g/mol. The molecule has 0 saturated carbocycles. The number of para-hydroxylation sites is 2. The van der Waals surface area contributed by atoms with E-state index in [1.807, 2.05) is 34.9 Å². The van der Waals surface area contributed by atoms with E-state index in [0.29, 0.717) is 17.9 Å². The smallest absolute Gasteiger partial charge is 0.359 e. The number of carbonyl (C=O) groups is 2. The average Bonchev–Trinajstić information content (AvgIpc) is 3.24. The first-order chi connectivity index (χ1) is 16.5. The number of amides is 2. The summed E-state index contributed by atoms with van der Waals surface area (Å²) in [6, 6.07) is 22.7. The van der Waals surface area contributed by atoms with Crippen LogP contribution in [0.15, 0.2) is 89.1 Å². The molecular formula is C24H22N5O4S+. The maximum Gasteiger partial charge on any atom is 0.359 e. The molecule has 1 unspecified atom stereocenters. The van der Waals surface area contributed by atoms with Gasteiger partial charge in [-0.2, -0.15) is 0 Å². The number of benzene rings is 3. The fraction of sp³-hybridized carbons (Fsp3) is 0.125. The van der Waals surface area contributed by atoms with Gasteiger partial charge in [0.1, 0.15) is 23.6 Å². The first-order valence-electron chi connectivity index (χ1n) is 10.4. The van der Waals surface area contributed by atoms with Gasteiger partial charge in [-0.15, -0.1) is 0 Å². The second kappa shape index (κ2) is 10.6. The third-order valence-corrected chi connectivity index (χ3v) is 6.03. The van der Waals surface area contributed by atoms with Crippen molar-refractivity contribution < 1.29 is 24.4 Å². The normalized spacial score (nSPS) is 14.8. The number of phenolic OH excluding ortho intramolecular Hbond substituents is 2. The monoisotopic (exact) mass is 476 g/mol. The predicted octanol–water partition coefficient (Wildman–Crippen LogP) is 3.00. The molecule has 4 N–H and O–H groups in total. The Hall–Kier alpha value is -4.18. The lowest BCUT2D eigenvalue weighted by molar-refractivity contribution is -0.550. The van der Waals surface area contributed by atoms with Crippen LogP contribution in [0.4, 0.5) is 0 Å². The topological polar surface area (TPSA) is 126 Å². The van der Waals surface area contributed by atoms with Gasteiger partial charge in [0.25, 0.3) is 11.4 Å². The van der Waals surface area contributed by atoms with Crippen molar-refractivity contribution in [2.24, 2.45) is 10.2 Å². The third-order valence-electron chi connectivity index (χ3n) is 4.96. The van der Waals surface area contributed by atoms with Crippen molar-refractivity contribution in [3.05, 3.63) is 95.6 Å². The Morgan fingerprint density at radius 3 is 2.29 bits per heavy atom. The molecule has 0 fully saturated rings. The van der Waals surface area contributed by atoms with Crippen LogP contribution in [0.25, 0.3) is 0 Å². The second-order valence-corrected chi connectivity index (χ2v) is 8.37. The fourth-order valence-electron chi connectivity index (χ4n) is 3.30. The summed E-state index contributed by atoms with van der Waals surface area (Å²) in [4.78, 5) is 24.5. The molecule has 3 aromatic rings. The van der Waals surface area contributed by atoms with Gasteiger partial charge >= 0.3 is 5.84 Å². The minimum Gasteiger partial charge on any atom is -0.507 e. The van der Waals surface area contributed by atoms with E-state index in [1.165, 1.54) is 23.9 Å². The molecule has 1 heterocycles. The molecule has 3 aromatic carbocycles. The number of carbonyl (C=O) groups excluding carboxylic acids is 2. The largest absolute Gasteiger partial charge is 0.507 e. The van der Waals surface area contributed by atoms with E-state index in [9.17, 15) is 19.8 Å². The number of nitrogens with one attached hydrogen (secondary N) is 2. The predicted molar refractivity (Wildman–Crippen MR) is 127 cm³/mol. The summed E-state index contributed by atoms with van der Waals surface area (Å²) in [5.41, 5.74) is 5.74. The van der Waals surface area contributed by atoms with Crippen molar-refractivity contribution in [2.75, 3.05) is 5.75 Å². The molecule has 1 aliphatic heterocycles. The Kier molecular flexibility index (Phi) is 7.19. The molecule has 1 aliphatic rings. The van der Waals surface area contributed by atoms with Gasteiger partial charge in [0.05, 0.1) is 16.4 Å². The molecule has 2 amide bonds. The molecule has 4 rings (SSSR count). The number of rotatable bonds is 7. The highest BCUT2D eigenvalue weighted by atomic mass is 32.2. The zero-order chi connectivity index (χ0) is 23.9. The molecular weight excluding hydrogens is 454 g/mol. The summed E-state index contributed by atoms with van der Waals surface area (Å²) in [6.45, 7) is 0.473. The van der Waals surface area contributed by atoms with Crippen molar-refractivity contribution in [3.8, 4) is 11.5 Å². The molecule has 10 heteroatoms. The van der Waals surface area contributed by atoms with E-state index >= 15 is 0 Å². The molecule has 34 heavy (non-hydrogen) atoms. The number of amidine groups is 1. The van der Waals surface area contributed by atoms with Crippen molar-refractivity contribution in [1.29, 1.82) is 0 Å². The van der Waals surface area contributed by atoms with E-state index < -0.39 is 17.3 Å². The standard InChI is InChI=1S/C24H21N5O4S/c30-19-12-6-4-10-17(19)22-26-28-24(29(22)14-16-8-2-1-3-9-16)34-15-21(32)25-27-23(33)18-11-5-7-13-20(18)31/h1-13,24H,14-15H2,(H3,25,26,27,28,30,31,32,33)/p+1. The van der Waals surface area contributed by atoms with Crippen molar-refractivity contribution in [1.82, 2.24) is 10.9 Å².